The van der Waals surface area contributed by atoms with Crippen molar-refractivity contribution in [2.24, 2.45) is 5.41 Å². The van der Waals surface area contributed by atoms with Crippen LogP contribution in [0.25, 0.3) is 0 Å². The maximum absolute atomic E-state index is 13.2. The average molecular weight is 353 g/mol. The van der Waals surface area contributed by atoms with Crippen LogP contribution >= 0.6 is 10.9 Å². The van der Waals surface area contributed by atoms with E-state index in [-0.39, 0.29) is 27.3 Å². The number of ketones is 1. The van der Waals surface area contributed by atoms with E-state index >= 15 is 0 Å². The number of hydrogen-bond donors (Lipinski definition) is 1. The quantitative estimate of drug-likeness (QED) is 0.446. The van der Waals surface area contributed by atoms with Crippen molar-refractivity contribution in [3.63, 3.8) is 0 Å². The molecule has 3 nitrogen and oxygen atoms in total. The van der Waals surface area contributed by atoms with Crippen molar-refractivity contribution in [2.45, 2.75) is 45.8 Å². The molecule has 1 heterocycles. The monoisotopic (exact) mass is 352 g/mol. The third-order valence-corrected chi connectivity index (χ3v) is 7.64. The minimum atomic E-state index is -0.311. The fraction of sp³-hybridized carbons (Fsp3) is 0.650. The second kappa shape index (κ2) is 8.91. The first-order valence-corrected chi connectivity index (χ1v) is 10.8. The van der Waals surface area contributed by atoms with E-state index < -0.39 is 0 Å². The lowest BCUT2D eigenvalue weighted by molar-refractivity contribution is 0.0947. The van der Waals surface area contributed by atoms with Gasteiger partial charge in [-0.2, -0.15) is 0 Å². The minimum absolute atomic E-state index is 0.0174. The number of ether oxygens (including phenoxy) is 2. The smallest absolute Gasteiger partial charge is 0.174 e. The number of Topliss-reactive ketones (excluding diaryl/α,β-unsaturated/α-hetero) is 1. The summed E-state index contributed by atoms with van der Waals surface area (Å²) >= 11 is 0. The lowest BCUT2D eigenvalue weighted by Crippen LogP contribution is -2.38. The van der Waals surface area contributed by atoms with E-state index in [1.807, 2.05) is 24.3 Å². The normalized spacial score (nSPS) is 18.2. The van der Waals surface area contributed by atoms with Crippen molar-refractivity contribution in [3.8, 4) is 5.75 Å². The van der Waals surface area contributed by atoms with Crippen molar-refractivity contribution < 1.29 is 14.3 Å². The van der Waals surface area contributed by atoms with Crippen LogP contribution in [0.4, 0.5) is 0 Å². The van der Waals surface area contributed by atoms with Gasteiger partial charge in [0.2, 0.25) is 0 Å². The Kier molecular flexibility index (Phi) is 7.17. The maximum Gasteiger partial charge on any atom is 0.174 e. The van der Waals surface area contributed by atoms with Gasteiger partial charge < -0.3 is 9.47 Å². The van der Waals surface area contributed by atoms with E-state index in [4.69, 9.17) is 9.47 Å². The molecule has 0 N–H and O–H groups in total. The Morgan fingerprint density at radius 1 is 1.21 bits per heavy atom. The summed E-state index contributed by atoms with van der Waals surface area (Å²) in [6, 6.07) is 7.72. The summed E-state index contributed by atoms with van der Waals surface area (Å²) in [5.41, 5.74) is 0.794. The highest BCUT2D eigenvalue weighted by Gasteiger charge is 2.37. The molecule has 0 saturated carbocycles. The first-order valence-electron chi connectivity index (χ1n) is 9.02. The summed E-state index contributed by atoms with van der Waals surface area (Å²) in [7, 11) is -0.311. The van der Waals surface area contributed by atoms with Gasteiger partial charge in [0, 0.05) is 5.56 Å². The molecule has 1 aromatic carbocycles. The molecule has 0 aromatic heterocycles. The third kappa shape index (κ3) is 5.25. The SMILES string of the molecule is CCCCOc1ccc(C(=O)C([SH]2CCOCC2)C(C)(C)C)cc1. The molecule has 0 radical (unpaired) electrons. The molecule has 1 atom stereocenters. The second-order valence-electron chi connectivity index (χ2n) is 7.51. The molecule has 1 aliphatic rings. The van der Waals surface area contributed by atoms with E-state index in [0.29, 0.717) is 0 Å². The maximum atomic E-state index is 13.2. The fourth-order valence-electron chi connectivity index (χ4n) is 3.15. The van der Waals surface area contributed by atoms with Gasteiger partial charge in [-0.25, -0.2) is 10.9 Å². The summed E-state index contributed by atoms with van der Waals surface area (Å²) < 4.78 is 11.2. The van der Waals surface area contributed by atoms with Crippen LogP contribution in [0.1, 0.15) is 50.9 Å². The summed E-state index contributed by atoms with van der Waals surface area (Å²) in [6.45, 7) is 11.1. The van der Waals surface area contributed by atoms with Crippen LogP contribution < -0.4 is 4.74 Å². The van der Waals surface area contributed by atoms with Gasteiger partial charge in [-0.15, -0.1) is 0 Å². The number of hydrogen-bond acceptors (Lipinski definition) is 3. The zero-order chi connectivity index (χ0) is 17.6. The molecule has 1 unspecified atom stereocenters. The fourth-order valence-corrected chi connectivity index (χ4v) is 6.19. The Labute approximate surface area is 149 Å². The van der Waals surface area contributed by atoms with Gasteiger partial charge in [-0.3, -0.25) is 4.79 Å². The van der Waals surface area contributed by atoms with Gasteiger partial charge in [-0.05, 0) is 47.6 Å². The molecule has 136 valence electrons. The van der Waals surface area contributed by atoms with E-state index in [0.717, 1.165) is 55.5 Å². The zero-order valence-corrected chi connectivity index (χ0v) is 16.4. The predicted molar refractivity (Wildman–Crippen MR) is 104 cm³/mol. The number of benzene rings is 1. The Morgan fingerprint density at radius 2 is 1.83 bits per heavy atom. The molecule has 0 spiro atoms. The standard InChI is InChI=1S/C20H32O3S/c1-5-6-11-23-17-9-7-16(8-10-17)18(21)19(20(2,3)4)24-14-12-22-13-15-24/h7-10,19,24H,5-6,11-15H2,1-4H3. The Balaban J connectivity index is 2.11. The van der Waals surface area contributed by atoms with Crippen LogP contribution in [0.15, 0.2) is 24.3 Å². The average Bonchev–Trinajstić information content (AvgIpc) is 2.55. The molecule has 24 heavy (non-hydrogen) atoms. The Hall–Kier alpha value is -1.00. The molecule has 0 aliphatic carbocycles. The highest BCUT2D eigenvalue weighted by atomic mass is 32.2. The van der Waals surface area contributed by atoms with E-state index in [1.165, 1.54) is 0 Å². The molecule has 2 rings (SSSR count). The molecular weight excluding hydrogens is 320 g/mol. The molecule has 1 saturated heterocycles. The molecule has 0 amide bonds. The highest BCUT2D eigenvalue weighted by molar-refractivity contribution is 8.18. The van der Waals surface area contributed by atoms with Gasteiger partial charge in [0.25, 0.3) is 0 Å². The van der Waals surface area contributed by atoms with Crippen LogP contribution in [-0.4, -0.2) is 42.4 Å². The van der Waals surface area contributed by atoms with Gasteiger partial charge in [0.15, 0.2) is 5.78 Å². The van der Waals surface area contributed by atoms with Crippen molar-refractivity contribution in [3.05, 3.63) is 29.8 Å². The molecule has 1 aliphatic heterocycles. The summed E-state index contributed by atoms with van der Waals surface area (Å²) in [5.74, 6) is 3.22. The van der Waals surface area contributed by atoms with Crippen LogP contribution in [0, 0.1) is 5.41 Å². The number of thiol groups is 1. The van der Waals surface area contributed by atoms with Gasteiger partial charge in [0.1, 0.15) is 5.75 Å². The summed E-state index contributed by atoms with van der Waals surface area (Å²) in [5, 5.41) is 0.100. The number of rotatable bonds is 7. The number of carbonyl (C=O) groups excluding carboxylic acids is 1. The van der Waals surface area contributed by atoms with E-state index in [9.17, 15) is 4.79 Å². The summed E-state index contributed by atoms with van der Waals surface area (Å²) in [6.07, 6.45) is 2.18. The summed E-state index contributed by atoms with van der Waals surface area (Å²) in [4.78, 5) is 13.2. The number of unbranched alkanes of at least 4 members (excludes halogenated alkanes) is 1. The van der Waals surface area contributed by atoms with Crippen molar-refractivity contribution in [1.82, 2.24) is 0 Å². The van der Waals surface area contributed by atoms with Crippen molar-refractivity contribution >= 4 is 16.7 Å². The first kappa shape index (κ1) is 19.3. The predicted octanol–water partition coefficient (Wildman–Crippen LogP) is 4.49. The zero-order valence-electron chi connectivity index (χ0n) is 15.5. The van der Waals surface area contributed by atoms with Crippen molar-refractivity contribution in [2.75, 3.05) is 31.3 Å². The van der Waals surface area contributed by atoms with Crippen LogP contribution in [0.2, 0.25) is 0 Å². The van der Waals surface area contributed by atoms with Gasteiger partial charge >= 0.3 is 0 Å². The van der Waals surface area contributed by atoms with Gasteiger partial charge in [-0.1, -0.05) is 34.1 Å². The third-order valence-electron chi connectivity index (χ3n) is 4.38. The van der Waals surface area contributed by atoms with Crippen molar-refractivity contribution in [1.29, 1.82) is 0 Å². The molecular formula is C20H32O3S. The molecule has 4 heteroatoms. The Bertz CT molecular complexity index is 513. The highest BCUT2D eigenvalue weighted by Crippen LogP contribution is 2.44. The second-order valence-corrected chi connectivity index (χ2v) is 10.1. The number of carbonyl (C=O) groups is 1. The molecule has 1 aromatic rings. The lowest BCUT2D eigenvalue weighted by Gasteiger charge is -2.40. The van der Waals surface area contributed by atoms with Gasteiger partial charge in [0.05, 0.1) is 25.1 Å². The van der Waals surface area contributed by atoms with Crippen LogP contribution in [-0.2, 0) is 4.74 Å². The van der Waals surface area contributed by atoms with E-state index in [1.54, 1.807) is 0 Å². The molecule has 1 fully saturated rings. The first-order chi connectivity index (χ1) is 11.4. The van der Waals surface area contributed by atoms with E-state index in [2.05, 4.69) is 27.7 Å². The lowest BCUT2D eigenvalue weighted by atomic mass is 9.87. The van der Waals surface area contributed by atoms with Crippen LogP contribution in [0.5, 0.6) is 5.75 Å². The Morgan fingerprint density at radius 3 is 2.38 bits per heavy atom. The minimum Gasteiger partial charge on any atom is -0.494 e. The largest absolute Gasteiger partial charge is 0.494 e. The molecule has 0 bridgehead atoms. The van der Waals surface area contributed by atoms with Crippen LogP contribution in [0.3, 0.4) is 0 Å². The topological polar surface area (TPSA) is 35.5 Å².